The average Bonchev–Trinajstić information content (AvgIpc) is 3.39. The van der Waals surface area contributed by atoms with E-state index in [2.05, 4.69) is 34.3 Å². The van der Waals surface area contributed by atoms with Gasteiger partial charge in [0.15, 0.2) is 5.50 Å². The largest absolute Gasteiger partial charge is 0.357 e. The maximum atomic E-state index is 12.7. The highest BCUT2D eigenvalue weighted by Gasteiger charge is 2.27. The third-order valence-corrected chi connectivity index (χ3v) is 7.00. The lowest BCUT2D eigenvalue weighted by molar-refractivity contribution is -0.384. The zero-order valence-electron chi connectivity index (χ0n) is 19.1. The van der Waals surface area contributed by atoms with Crippen LogP contribution in [0.15, 0.2) is 83.9 Å². The fourth-order valence-corrected chi connectivity index (χ4v) is 5.16. The first-order valence-electron chi connectivity index (χ1n) is 11.4. The quantitative estimate of drug-likeness (QED) is 0.198. The molecule has 1 atom stereocenters. The second-order valence-electron chi connectivity index (χ2n) is 8.33. The van der Waals surface area contributed by atoms with Crippen LogP contribution in [-0.4, -0.2) is 20.9 Å². The summed E-state index contributed by atoms with van der Waals surface area (Å²) in [7, 11) is 0. The van der Waals surface area contributed by atoms with E-state index in [1.165, 1.54) is 23.4 Å². The molecule has 0 aliphatic carbocycles. The highest BCUT2D eigenvalue weighted by atomic mass is 32.2. The summed E-state index contributed by atoms with van der Waals surface area (Å²) in [5.74, 6) is -0.117. The van der Waals surface area contributed by atoms with Crippen molar-refractivity contribution < 1.29 is 9.72 Å². The van der Waals surface area contributed by atoms with Crippen LogP contribution in [0.3, 0.4) is 0 Å². The molecule has 176 valence electrons. The van der Waals surface area contributed by atoms with Gasteiger partial charge >= 0.3 is 0 Å². The van der Waals surface area contributed by atoms with Crippen molar-refractivity contribution in [3.05, 3.63) is 111 Å². The van der Waals surface area contributed by atoms with Crippen LogP contribution in [0.1, 0.15) is 23.6 Å². The fraction of sp³-hybridized carbons (Fsp3) is 0.148. The number of carbonyl (C=O) groups is 1. The number of hydrogen-bond donors (Lipinski definition) is 2. The summed E-state index contributed by atoms with van der Waals surface area (Å²) in [5, 5.41) is 18.5. The molecule has 1 aliphatic heterocycles. The maximum Gasteiger partial charge on any atom is 0.269 e. The van der Waals surface area contributed by atoms with Gasteiger partial charge < -0.3 is 15.2 Å². The van der Waals surface area contributed by atoms with Gasteiger partial charge in [-0.1, -0.05) is 61.2 Å². The van der Waals surface area contributed by atoms with Gasteiger partial charge in [-0.15, -0.1) is 0 Å². The number of nitro groups is 1. The molecule has 5 rings (SSSR count). The summed E-state index contributed by atoms with van der Waals surface area (Å²) in [4.78, 5) is 24.1. The first kappa shape index (κ1) is 22.7. The summed E-state index contributed by atoms with van der Waals surface area (Å²) >= 11 is 1.45. The van der Waals surface area contributed by atoms with Crippen molar-refractivity contribution in [1.29, 1.82) is 0 Å². The number of carbonyl (C=O) groups excluding carboxylic acids is 1. The van der Waals surface area contributed by atoms with Gasteiger partial charge in [0.2, 0.25) is 0 Å². The number of benzene rings is 3. The highest BCUT2D eigenvalue weighted by Crippen LogP contribution is 2.33. The van der Waals surface area contributed by atoms with Crippen LogP contribution in [-0.2, 0) is 17.8 Å². The summed E-state index contributed by atoms with van der Waals surface area (Å²) in [6.07, 6.45) is 4.89. The van der Waals surface area contributed by atoms with Gasteiger partial charge in [-0.05, 0) is 41.8 Å². The number of nitrogens with one attached hydrogen (secondary N) is 2. The van der Waals surface area contributed by atoms with Gasteiger partial charge in [0.05, 0.1) is 9.83 Å². The van der Waals surface area contributed by atoms with E-state index in [9.17, 15) is 14.9 Å². The molecule has 0 saturated carbocycles. The molecule has 4 aromatic rings. The molecule has 8 heteroatoms. The van der Waals surface area contributed by atoms with Crippen LogP contribution in [0.5, 0.6) is 0 Å². The summed E-state index contributed by atoms with van der Waals surface area (Å²) in [6.45, 7) is 2.61. The molecule has 0 radical (unpaired) electrons. The number of amides is 1. The minimum absolute atomic E-state index is 0.0724. The molecule has 1 amide bonds. The average molecular weight is 485 g/mol. The lowest BCUT2D eigenvalue weighted by Crippen LogP contribution is -2.30. The second kappa shape index (κ2) is 9.68. The SMILES string of the molecule is CCc1ccc(N[C@@H]2NC(=O)/C(=C/c3cn(Cc4cccc([N+](=O)[O-])c4)c4ccccc34)S2)cc1. The van der Waals surface area contributed by atoms with Crippen LogP contribution in [0.25, 0.3) is 17.0 Å². The molecule has 1 saturated heterocycles. The summed E-state index contributed by atoms with van der Waals surface area (Å²) in [5.41, 5.74) is 4.81. The van der Waals surface area contributed by atoms with E-state index in [0.29, 0.717) is 11.4 Å². The predicted molar refractivity (Wildman–Crippen MR) is 141 cm³/mol. The first-order valence-corrected chi connectivity index (χ1v) is 12.2. The molecule has 7 nitrogen and oxygen atoms in total. The van der Waals surface area contributed by atoms with Crippen molar-refractivity contribution in [2.45, 2.75) is 25.4 Å². The van der Waals surface area contributed by atoms with E-state index >= 15 is 0 Å². The standard InChI is InChI=1S/C27H24N4O3S/c1-2-18-10-12-21(13-11-18)28-27-29-26(32)25(35-27)15-20-17-30(24-9-4-3-8-23(20)24)16-19-6-5-7-22(14-19)31(33)34/h3-15,17,27-28H,2,16H2,1H3,(H,29,32)/b25-15-/t27-/m1/s1. The number of aromatic nitrogens is 1. The molecule has 2 heterocycles. The number of anilines is 1. The monoisotopic (exact) mass is 484 g/mol. The molecular weight excluding hydrogens is 460 g/mol. The molecule has 0 spiro atoms. The first-order chi connectivity index (χ1) is 17.0. The molecule has 3 aromatic carbocycles. The molecule has 2 N–H and O–H groups in total. The molecule has 35 heavy (non-hydrogen) atoms. The van der Waals surface area contributed by atoms with Crippen LogP contribution >= 0.6 is 11.8 Å². The van der Waals surface area contributed by atoms with E-state index in [-0.39, 0.29) is 22.0 Å². The van der Waals surface area contributed by atoms with Gasteiger partial charge in [0.25, 0.3) is 11.6 Å². The number of non-ortho nitro benzene ring substituents is 1. The number of fused-ring (bicyclic) bond motifs is 1. The second-order valence-corrected chi connectivity index (χ2v) is 9.48. The lowest BCUT2D eigenvalue weighted by Gasteiger charge is -2.12. The Morgan fingerprint density at radius 3 is 2.66 bits per heavy atom. The van der Waals surface area contributed by atoms with Gasteiger partial charge in [0, 0.05) is 47.0 Å². The number of thioether (sulfide) groups is 1. The van der Waals surface area contributed by atoms with Crippen molar-refractivity contribution in [2.24, 2.45) is 0 Å². The van der Waals surface area contributed by atoms with Crippen LogP contribution < -0.4 is 10.6 Å². The number of rotatable bonds is 7. The molecule has 0 unspecified atom stereocenters. The number of nitro benzene ring substituents is 1. The number of hydrogen-bond acceptors (Lipinski definition) is 5. The van der Waals surface area contributed by atoms with Gasteiger partial charge in [-0.3, -0.25) is 14.9 Å². The normalized spacial score (nSPS) is 16.5. The molecule has 1 aliphatic rings. The van der Waals surface area contributed by atoms with Crippen LogP contribution in [0.2, 0.25) is 0 Å². The van der Waals surface area contributed by atoms with E-state index in [1.54, 1.807) is 12.1 Å². The number of para-hydroxylation sites is 1. The van der Waals surface area contributed by atoms with E-state index in [1.807, 2.05) is 54.7 Å². The van der Waals surface area contributed by atoms with Gasteiger partial charge in [-0.2, -0.15) is 0 Å². The van der Waals surface area contributed by atoms with E-state index in [0.717, 1.165) is 34.1 Å². The zero-order chi connectivity index (χ0) is 24.4. The van der Waals surface area contributed by atoms with Crippen molar-refractivity contribution in [3.63, 3.8) is 0 Å². The summed E-state index contributed by atoms with van der Waals surface area (Å²) < 4.78 is 2.06. The van der Waals surface area contributed by atoms with Crippen LogP contribution in [0.4, 0.5) is 11.4 Å². The Hall–Kier alpha value is -4.04. The van der Waals surface area contributed by atoms with Crippen LogP contribution in [0, 0.1) is 10.1 Å². The zero-order valence-corrected chi connectivity index (χ0v) is 19.9. The Kier molecular flexibility index (Phi) is 6.29. The van der Waals surface area contributed by atoms with Crippen molar-refractivity contribution in [2.75, 3.05) is 5.32 Å². The van der Waals surface area contributed by atoms with Crippen molar-refractivity contribution in [1.82, 2.24) is 9.88 Å². The smallest absolute Gasteiger partial charge is 0.269 e. The number of nitrogens with zero attached hydrogens (tertiary/aromatic N) is 2. The van der Waals surface area contributed by atoms with Gasteiger partial charge in [-0.25, -0.2) is 0 Å². The third kappa shape index (κ3) is 4.93. The Balaban J connectivity index is 1.39. The van der Waals surface area contributed by atoms with E-state index < -0.39 is 0 Å². The van der Waals surface area contributed by atoms with Crippen molar-refractivity contribution in [3.8, 4) is 0 Å². The Bertz CT molecular complexity index is 1440. The maximum absolute atomic E-state index is 12.7. The summed E-state index contributed by atoms with van der Waals surface area (Å²) in [6, 6.07) is 22.8. The minimum Gasteiger partial charge on any atom is -0.357 e. The molecular formula is C27H24N4O3S. The van der Waals surface area contributed by atoms with E-state index in [4.69, 9.17) is 0 Å². The topological polar surface area (TPSA) is 89.2 Å². The Morgan fingerprint density at radius 1 is 1.09 bits per heavy atom. The number of aryl methyl sites for hydroxylation is 1. The highest BCUT2D eigenvalue weighted by molar-refractivity contribution is 8.05. The van der Waals surface area contributed by atoms with Crippen molar-refractivity contribution >= 4 is 46.0 Å². The molecule has 0 bridgehead atoms. The third-order valence-electron chi connectivity index (χ3n) is 5.97. The Labute approximate surface area is 207 Å². The predicted octanol–water partition coefficient (Wildman–Crippen LogP) is 5.76. The molecule has 1 fully saturated rings. The lowest BCUT2D eigenvalue weighted by atomic mass is 10.1. The van der Waals surface area contributed by atoms with Gasteiger partial charge in [0.1, 0.15) is 0 Å². The minimum atomic E-state index is -0.383. The molecule has 1 aromatic heterocycles. The fourth-order valence-electron chi connectivity index (χ4n) is 4.18. The Morgan fingerprint density at radius 2 is 1.89 bits per heavy atom.